The second kappa shape index (κ2) is 7.77. The van der Waals surface area contributed by atoms with E-state index in [1.807, 2.05) is 0 Å². The first-order valence-corrected chi connectivity index (χ1v) is 8.74. The number of nitrogens with two attached hydrogens (primary N) is 1. The van der Waals surface area contributed by atoms with E-state index in [1.165, 1.54) is 57.8 Å². The van der Waals surface area contributed by atoms with Crippen molar-refractivity contribution in [1.29, 1.82) is 0 Å². The molecule has 0 unspecified atom stereocenters. The molecule has 0 bridgehead atoms. The van der Waals surface area contributed by atoms with Crippen LogP contribution in [0.15, 0.2) is 0 Å². The number of aliphatic hydroxyl groups is 1. The lowest BCUT2D eigenvalue weighted by atomic mass is 9.70. The Morgan fingerprint density at radius 2 is 1.75 bits per heavy atom. The van der Waals surface area contributed by atoms with Crippen LogP contribution in [-0.4, -0.2) is 42.3 Å². The molecule has 0 aromatic heterocycles. The van der Waals surface area contributed by atoms with Crippen LogP contribution in [0, 0.1) is 11.3 Å². The quantitative estimate of drug-likeness (QED) is 0.787. The second-order valence-electron chi connectivity index (χ2n) is 7.37. The van der Waals surface area contributed by atoms with Crippen molar-refractivity contribution in [2.45, 2.75) is 70.8 Å². The Morgan fingerprint density at radius 3 is 2.30 bits per heavy atom. The van der Waals surface area contributed by atoms with Crippen LogP contribution in [-0.2, 0) is 0 Å². The second-order valence-corrected chi connectivity index (χ2v) is 7.37. The van der Waals surface area contributed by atoms with Crippen molar-refractivity contribution < 1.29 is 5.11 Å². The first-order valence-electron chi connectivity index (χ1n) is 8.74. The summed E-state index contributed by atoms with van der Waals surface area (Å²) in [6.45, 7) is 5.42. The molecule has 0 radical (unpaired) electrons. The minimum atomic E-state index is 0.285. The highest BCUT2D eigenvalue weighted by Crippen LogP contribution is 2.39. The number of hydrogen-bond acceptors (Lipinski definition) is 3. The zero-order valence-electron chi connectivity index (χ0n) is 13.3. The fourth-order valence-electron chi connectivity index (χ4n) is 4.20. The number of hydrogen-bond donors (Lipinski definition) is 2. The maximum absolute atomic E-state index is 9.42. The van der Waals surface area contributed by atoms with Gasteiger partial charge in [-0.15, -0.1) is 0 Å². The molecule has 0 atom stereocenters. The van der Waals surface area contributed by atoms with Gasteiger partial charge in [-0.3, -0.25) is 4.90 Å². The molecule has 2 rings (SSSR count). The molecule has 0 saturated heterocycles. The van der Waals surface area contributed by atoms with Crippen molar-refractivity contribution in [3.05, 3.63) is 0 Å². The minimum Gasteiger partial charge on any atom is -0.395 e. The molecule has 2 saturated carbocycles. The van der Waals surface area contributed by atoms with E-state index < -0.39 is 0 Å². The molecular formula is C17H34N2O. The van der Waals surface area contributed by atoms with E-state index >= 15 is 0 Å². The molecule has 0 amide bonds. The van der Waals surface area contributed by atoms with Gasteiger partial charge in [0.05, 0.1) is 6.61 Å². The minimum absolute atomic E-state index is 0.285. The first-order chi connectivity index (χ1) is 9.69. The largest absolute Gasteiger partial charge is 0.395 e. The molecule has 3 N–H and O–H groups in total. The third-order valence-electron chi connectivity index (χ3n) is 5.78. The summed E-state index contributed by atoms with van der Waals surface area (Å²) >= 11 is 0. The van der Waals surface area contributed by atoms with Crippen LogP contribution in [0.5, 0.6) is 0 Å². The molecular weight excluding hydrogens is 248 g/mol. The molecule has 2 aliphatic rings. The van der Waals surface area contributed by atoms with Crippen molar-refractivity contribution in [2.24, 2.45) is 17.1 Å². The molecule has 0 heterocycles. The van der Waals surface area contributed by atoms with Gasteiger partial charge >= 0.3 is 0 Å². The predicted octanol–water partition coefficient (Wildman–Crippen LogP) is 2.77. The molecule has 20 heavy (non-hydrogen) atoms. The maximum atomic E-state index is 9.42. The molecule has 118 valence electrons. The molecule has 2 fully saturated rings. The van der Waals surface area contributed by atoms with E-state index in [0.717, 1.165) is 25.6 Å². The van der Waals surface area contributed by atoms with E-state index in [2.05, 4.69) is 11.8 Å². The van der Waals surface area contributed by atoms with Gasteiger partial charge in [-0.1, -0.05) is 39.0 Å². The lowest BCUT2D eigenvalue weighted by molar-refractivity contribution is 0.0454. The van der Waals surface area contributed by atoms with Crippen molar-refractivity contribution in [3.8, 4) is 0 Å². The highest BCUT2D eigenvalue weighted by atomic mass is 16.3. The fraction of sp³-hybridized carbons (Fsp3) is 1.00. The molecule has 3 nitrogen and oxygen atoms in total. The summed E-state index contributed by atoms with van der Waals surface area (Å²) in [6.07, 6.45) is 12.0. The van der Waals surface area contributed by atoms with Crippen molar-refractivity contribution >= 4 is 0 Å². The average Bonchev–Trinajstić information content (AvgIpc) is 2.50. The highest BCUT2D eigenvalue weighted by molar-refractivity contribution is 4.90. The fourth-order valence-corrected chi connectivity index (χ4v) is 4.20. The summed E-state index contributed by atoms with van der Waals surface area (Å²) < 4.78 is 0. The smallest absolute Gasteiger partial charge is 0.0558 e. The topological polar surface area (TPSA) is 49.5 Å². The standard InChI is InChI=1S/C17H34N2O/c1-15-7-9-17(13-18,10-8-15)14-19(11-12-20)16-5-3-2-4-6-16/h15-16,20H,2-14,18H2,1H3. The van der Waals surface area contributed by atoms with Gasteiger partial charge in [-0.25, -0.2) is 0 Å². The van der Waals surface area contributed by atoms with Gasteiger partial charge in [-0.2, -0.15) is 0 Å². The van der Waals surface area contributed by atoms with Crippen LogP contribution in [0.1, 0.15) is 64.7 Å². The van der Waals surface area contributed by atoms with E-state index in [4.69, 9.17) is 5.73 Å². The maximum Gasteiger partial charge on any atom is 0.0558 e. The summed E-state index contributed by atoms with van der Waals surface area (Å²) in [6, 6.07) is 0.693. The lowest BCUT2D eigenvalue weighted by Gasteiger charge is -2.45. The van der Waals surface area contributed by atoms with Crippen LogP contribution in [0.25, 0.3) is 0 Å². The van der Waals surface area contributed by atoms with Gasteiger partial charge in [0.1, 0.15) is 0 Å². The zero-order valence-corrected chi connectivity index (χ0v) is 13.3. The molecule has 2 aliphatic carbocycles. The van der Waals surface area contributed by atoms with E-state index in [0.29, 0.717) is 11.5 Å². The first kappa shape index (κ1) is 16.3. The number of nitrogens with zero attached hydrogens (tertiary/aromatic N) is 1. The lowest BCUT2D eigenvalue weighted by Crippen LogP contribution is -2.49. The van der Waals surface area contributed by atoms with Gasteiger partial charge in [0, 0.05) is 19.1 Å². The van der Waals surface area contributed by atoms with Gasteiger partial charge < -0.3 is 10.8 Å². The Morgan fingerprint density at radius 1 is 1.10 bits per heavy atom. The third kappa shape index (κ3) is 4.19. The van der Waals surface area contributed by atoms with Crippen molar-refractivity contribution in [1.82, 2.24) is 4.90 Å². The Hall–Kier alpha value is -0.120. The summed E-state index contributed by atoms with van der Waals surface area (Å²) in [7, 11) is 0. The number of aliphatic hydroxyl groups excluding tert-OH is 1. The Bertz CT molecular complexity index is 268. The molecule has 3 heteroatoms. The van der Waals surface area contributed by atoms with Gasteiger partial charge in [0.25, 0.3) is 0 Å². The highest BCUT2D eigenvalue weighted by Gasteiger charge is 2.36. The van der Waals surface area contributed by atoms with E-state index in [1.54, 1.807) is 0 Å². The van der Waals surface area contributed by atoms with E-state index in [-0.39, 0.29) is 6.61 Å². The zero-order chi connectivity index (χ0) is 14.4. The number of rotatable bonds is 6. The van der Waals surface area contributed by atoms with Gasteiger partial charge in [0.2, 0.25) is 0 Å². The van der Waals surface area contributed by atoms with E-state index in [9.17, 15) is 5.11 Å². The summed E-state index contributed by atoms with van der Waals surface area (Å²) in [5, 5.41) is 9.42. The Labute approximate surface area is 124 Å². The molecule has 0 spiro atoms. The van der Waals surface area contributed by atoms with Gasteiger partial charge in [0.15, 0.2) is 0 Å². The molecule has 0 aromatic carbocycles. The normalized spacial score (nSPS) is 32.7. The predicted molar refractivity (Wildman–Crippen MR) is 84.7 cm³/mol. The molecule has 0 aromatic rings. The monoisotopic (exact) mass is 282 g/mol. The summed E-state index contributed by atoms with van der Waals surface area (Å²) in [5.74, 6) is 0.871. The van der Waals surface area contributed by atoms with Gasteiger partial charge in [-0.05, 0) is 43.6 Å². The van der Waals surface area contributed by atoms with Crippen LogP contribution in [0.2, 0.25) is 0 Å². The van der Waals surface area contributed by atoms with Crippen LogP contribution < -0.4 is 5.73 Å². The van der Waals surface area contributed by atoms with Crippen LogP contribution in [0.4, 0.5) is 0 Å². The third-order valence-corrected chi connectivity index (χ3v) is 5.78. The molecule has 0 aliphatic heterocycles. The van der Waals surface area contributed by atoms with Crippen molar-refractivity contribution in [2.75, 3.05) is 26.2 Å². The summed E-state index contributed by atoms with van der Waals surface area (Å²) in [5.41, 5.74) is 6.49. The summed E-state index contributed by atoms with van der Waals surface area (Å²) in [4.78, 5) is 2.57. The SMILES string of the molecule is CC1CCC(CN)(CN(CCO)C2CCCCC2)CC1. The van der Waals surface area contributed by atoms with Crippen molar-refractivity contribution in [3.63, 3.8) is 0 Å². The Kier molecular flexibility index (Phi) is 6.31. The van der Waals surface area contributed by atoms with Crippen LogP contribution >= 0.6 is 0 Å². The Balaban J connectivity index is 1.97. The average molecular weight is 282 g/mol. The van der Waals surface area contributed by atoms with Crippen LogP contribution in [0.3, 0.4) is 0 Å².